The molecule has 1 fully saturated rings. The topological polar surface area (TPSA) is 122 Å². The molecule has 10 nitrogen and oxygen atoms in total. The normalized spacial score (nSPS) is 15.7. The summed E-state index contributed by atoms with van der Waals surface area (Å²) in [4.78, 5) is 25.1. The van der Waals surface area contributed by atoms with Crippen molar-refractivity contribution in [1.82, 2.24) is 30.0 Å². The maximum absolute atomic E-state index is 12.6. The number of benzene rings is 1. The van der Waals surface area contributed by atoms with Crippen molar-refractivity contribution in [2.45, 2.75) is 25.8 Å². The Bertz CT molecular complexity index is 1320. The molecule has 4 N–H and O–H groups in total. The van der Waals surface area contributed by atoms with Crippen molar-refractivity contribution in [3.05, 3.63) is 42.4 Å². The summed E-state index contributed by atoms with van der Waals surface area (Å²) in [5, 5.41) is 14.7. The lowest BCUT2D eigenvalue weighted by Crippen LogP contribution is -2.35. The highest BCUT2D eigenvalue weighted by Crippen LogP contribution is 2.34. The first kappa shape index (κ1) is 21.0. The summed E-state index contributed by atoms with van der Waals surface area (Å²) in [7, 11) is 3.39. The molecular weight excluding hydrogens is 420 g/mol. The number of fused-ring (bicyclic) bond motifs is 1. The zero-order valence-electron chi connectivity index (χ0n) is 18.8. The minimum atomic E-state index is -0.142. The number of hydrogen-bond donors (Lipinski definition) is 4. The SMILES string of the molecule is COc1nn(C)cc1Nc1ncc(C)c(-c2c[nH]c3c(NC(=O)[C@H]4CCCN4)cccc23)n1. The van der Waals surface area contributed by atoms with Crippen molar-refractivity contribution in [3.8, 4) is 17.1 Å². The Morgan fingerprint density at radius 3 is 2.97 bits per heavy atom. The van der Waals surface area contributed by atoms with Gasteiger partial charge in [0.15, 0.2) is 0 Å². The third-order valence-electron chi connectivity index (χ3n) is 5.81. The number of hydrogen-bond acceptors (Lipinski definition) is 7. The first-order valence-corrected chi connectivity index (χ1v) is 10.9. The van der Waals surface area contributed by atoms with E-state index in [1.807, 2.05) is 44.6 Å². The van der Waals surface area contributed by atoms with Crippen LogP contribution in [0.3, 0.4) is 0 Å². The van der Waals surface area contributed by atoms with E-state index in [1.54, 1.807) is 18.0 Å². The van der Waals surface area contributed by atoms with E-state index in [1.165, 1.54) is 0 Å². The minimum Gasteiger partial charge on any atom is -0.478 e. The fraction of sp³-hybridized carbons (Fsp3) is 0.304. The number of amides is 1. The van der Waals surface area contributed by atoms with Gasteiger partial charge in [-0.2, -0.15) is 0 Å². The maximum atomic E-state index is 12.6. The minimum absolute atomic E-state index is 0.00808. The lowest BCUT2D eigenvalue weighted by Gasteiger charge is -2.12. The van der Waals surface area contributed by atoms with Crippen LogP contribution in [0.2, 0.25) is 0 Å². The van der Waals surface area contributed by atoms with Gasteiger partial charge in [-0.3, -0.25) is 9.48 Å². The molecule has 170 valence electrons. The molecule has 1 aliphatic rings. The molecule has 5 rings (SSSR count). The second-order valence-corrected chi connectivity index (χ2v) is 8.14. The van der Waals surface area contributed by atoms with Gasteiger partial charge in [-0.25, -0.2) is 9.97 Å². The van der Waals surface area contributed by atoms with Crippen LogP contribution in [0.5, 0.6) is 5.88 Å². The van der Waals surface area contributed by atoms with E-state index >= 15 is 0 Å². The summed E-state index contributed by atoms with van der Waals surface area (Å²) >= 11 is 0. The number of methoxy groups -OCH3 is 1. The molecule has 0 bridgehead atoms. The number of nitrogens with zero attached hydrogens (tertiary/aromatic N) is 4. The van der Waals surface area contributed by atoms with E-state index in [2.05, 4.69) is 31.0 Å². The molecule has 1 saturated heterocycles. The molecule has 4 aromatic rings. The molecule has 33 heavy (non-hydrogen) atoms. The van der Waals surface area contributed by atoms with Gasteiger partial charge in [0.05, 0.1) is 36.2 Å². The Balaban J connectivity index is 1.47. The van der Waals surface area contributed by atoms with Crippen molar-refractivity contribution in [2.24, 2.45) is 7.05 Å². The quantitative estimate of drug-likeness (QED) is 0.359. The average Bonchev–Trinajstić information content (AvgIpc) is 3.55. The first-order valence-electron chi connectivity index (χ1n) is 10.9. The predicted molar refractivity (Wildman–Crippen MR) is 127 cm³/mol. The highest BCUT2D eigenvalue weighted by Gasteiger charge is 2.23. The van der Waals surface area contributed by atoms with E-state index < -0.39 is 0 Å². The highest BCUT2D eigenvalue weighted by molar-refractivity contribution is 6.06. The molecule has 4 heterocycles. The van der Waals surface area contributed by atoms with Gasteiger partial charge in [0.2, 0.25) is 11.9 Å². The van der Waals surface area contributed by atoms with E-state index in [9.17, 15) is 4.79 Å². The van der Waals surface area contributed by atoms with Crippen LogP contribution >= 0.6 is 0 Å². The summed E-state index contributed by atoms with van der Waals surface area (Å²) in [5.74, 6) is 0.895. The van der Waals surface area contributed by atoms with E-state index in [0.29, 0.717) is 17.5 Å². The molecule has 1 atom stereocenters. The van der Waals surface area contributed by atoms with Crippen LogP contribution < -0.4 is 20.7 Å². The number of rotatable bonds is 6. The van der Waals surface area contributed by atoms with Crippen LogP contribution in [0.25, 0.3) is 22.2 Å². The van der Waals surface area contributed by atoms with E-state index in [-0.39, 0.29) is 11.9 Å². The molecule has 1 aliphatic heterocycles. The van der Waals surface area contributed by atoms with Crippen LogP contribution in [0.1, 0.15) is 18.4 Å². The second kappa shape index (κ2) is 8.55. The number of nitrogens with one attached hydrogen (secondary N) is 4. The number of H-pyrrole nitrogens is 1. The Hall–Kier alpha value is -3.92. The van der Waals surface area contributed by atoms with E-state index in [4.69, 9.17) is 9.72 Å². The number of ether oxygens (including phenoxy) is 1. The van der Waals surface area contributed by atoms with Gasteiger partial charge in [0, 0.05) is 30.4 Å². The number of anilines is 3. The first-order chi connectivity index (χ1) is 16.0. The molecule has 0 radical (unpaired) electrons. The van der Waals surface area contributed by atoms with Gasteiger partial charge >= 0.3 is 0 Å². The van der Waals surface area contributed by atoms with Crippen molar-refractivity contribution in [2.75, 3.05) is 24.3 Å². The number of para-hydroxylation sites is 1. The molecule has 10 heteroatoms. The Morgan fingerprint density at radius 2 is 2.18 bits per heavy atom. The van der Waals surface area contributed by atoms with Crippen LogP contribution in [0.15, 0.2) is 36.8 Å². The summed E-state index contributed by atoms with van der Waals surface area (Å²) in [6.07, 6.45) is 7.38. The number of aromatic nitrogens is 5. The molecule has 0 aliphatic carbocycles. The lowest BCUT2D eigenvalue weighted by molar-refractivity contribution is -0.117. The molecular formula is C23H26N8O2. The molecule has 0 unspecified atom stereocenters. The van der Waals surface area contributed by atoms with Gasteiger partial charge in [-0.15, -0.1) is 5.10 Å². The summed E-state index contributed by atoms with van der Waals surface area (Å²) < 4.78 is 6.97. The fourth-order valence-electron chi connectivity index (χ4n) is 4.18. The van der Waals surface area contributed by atoms with Crippen LogP contribution in [0.4, 0.5) is 17.3 Å². The third-order valence-corrected chi connectivity index (χ3v) is 5.81. The monoisotopic (exact) mass is 446 g/mol. The smallest absolute Gasteiger partial charge is 0.256 e. The van der Waals surface area contributed by atoms with Crippen LogP contribution in [-0.2, 0) is 11.8 Å². The zero-order valence-corrected chi connectivity index (χ0v) is 18.8. The lowest BCUT2D eigenvalue weighted by atomic mass is 10.1. The highest BCUT2D eigenvalue weighted by atomic mass is 16.5. The van der Waals surface area contributed by atoms with Crippen LogP contribution in [-0.4, -0.2) is 50.3 Å². The summed E-state index contributed by atoms with van der Waals surface area (Å²) in [5.41, 5.74) is 4.95. The van der Waals surface area contributed by atoms with Crippen molar-refractivity contribution in [1.29, 1.82) is 0 Å². The largest absolute Gasteiger partial charge is 0.478 e. The van der Waals surface area contributed by atoms with Crippen molar-refractivity contribution in [3.63, 3.8) is 0 Å². The van der Waals surface area contributed by atoms with E-state index in [0.717, 1.165) is 52.8 Å². The Kier molecular flexibility index (Phi) is 5.43. The van der Waals surface area contributed by atoms with Crippen LogP contribution in [0, 0.1) is 6.92 Å². The fourth-order valence-corrected chi connectivity index (χ4v) is 4.18. The van der Waals surface area contributed by atoms with Gasteiger partial charge in [0.1, 0.15) is 5.69 Å². The molecule has 0 saturated carbocycles. The Morgan fingerprint density at radius 1 is 1.30 bits per heavy atom. The molecule has 3 aromatic heterocycles. The average molecular weight is 447 g/mol. The molecule has 0 spiro atoms. The van der Waals surface area contributed by atoms with Gasteiger partial charge in [0.25, 0.3) is 5.88 Å². The second-order valence-electron chi connectivity index (χ2n) is 8.14. The number of aromatic amines is 1. The van der Waals surface area contributed by atoms with Gasteiger partial charge < -0.3 is 25.7 Å². The third kappa shape index (κ3) is 4.00. The summed E-state index contributed by atoms with van der Waals surface area (Å²) in [6.45, 7) is 2.85. The standard InChI is InChI=1S/C23H26N8O2/c1-13-10-26-23(28-18-12-31(2)30-22(18)33-3)29-19(13)15-11-25-20-14(15)6-4-7-16(20)27-21(32)17-8-5-9-24-17/h4,6-7,10-12,17,24-25H,5,8-9H2,1-3H3,(H,27,32)(H,26,28,29)/t17-/m1/s1. The van der Waals surface area contributed by atoms with Crippen molar-refractivity contribution >= 4 is 34.1 Å². The number of aryl methyl sites for hydroxylation is 2. The summed E-state index contributed by atoms with van der Waals surface area (Å²) in [6, 6.07) is 5.72. The van der Waals surface area contributed by atoms with Crippen molar-refractivity contribution < 1.29 is 9.53 Å². The predicted octanol–water partition coefficient (Wildman–Crippen LogP) is 3.11. The molecule has 1 amide bonds. The zero-order chi connectivity index (χ0) is 22.9. The Labute approximate surface area is 190 Å². The number of carbonyl (C=O) groups excluding carboxylic acids is 1. The number of carbonyl (C=O) groups is 1. The maximum Gasteiger partial charge on any atom is 0.256 e. The van der Waals surface area contributed by atoms with Gasteiger partial charge in [-0.05, 0) is 37.9 Å². The van der Waals surface area contributed by atoms with Gasteiger partial charge in [-0.1, -0.05) is 12.1 Å². The molecule has 1 aromatic carbocycles.